The topological polar surface area (TPSA) is 141 Å². The van der Waals surface area contributed by atoms with Gasteiger partial charge in [0.05, 0.1) is 25.5 Å². The summed E-state index contributed by atoms with van der Waals surface area (Å²) in [5.41, 5.74) is -1.31. The van der Waals surface area contributed by atoms with Gasteiger partial charge in [0.1, 0.15) is 47.4 Å². The summed E-state index contributed by atoms with van der Waals surface area (Å²) in [5.74, 6) is -4.41. The first-order chi connectivity index (χ1) is 16.5. The molecule has 0 bridgehead atoms. The van der Waals surface area contributed by atoms with Crippen molar-refractivity contribution in [3.63, 3.8) is 0 Å². The zero-order valence-electron chi connectivity index (χ0n) is 19.1. The van der Waals surface area contributed by atoms with Crippen LogP contribution >= 0.6 is 0 Å². The highest BCUT2D eigenvalue weighted by Gasteiger charge is 2.47. The molecule has 0 aliphatic carbocycles. The summed E-state index contributed by atoms with van der Waals surface area (Å²) in [6.45, 7) is 2.67. The van der Waals surface area contributed by atoms with Crippen LogP contribution in [0.1, 0.15) is 25.6 Å². The van der Waals surface area contributed by atoms with E-state index in [0.29, 0.717) is 5.69 Å². The molecule has 35 heavy (non-hydrogen) atoms. The van der Waals surface area contributed by atoms with Gasteiger partial charge in [-0.3, -0.25) is 0 Å². The number of rotatable bonds is 7. The summed E-state index contributed by atoms with van der Waals surface area (Å²) in [6.07, 6.45) is -1.19. The third-order valence-electron chi connectivity index (χ3n) is 5.89. The first-order valence-corrected chi connectivity index (χ1v) is 10.7. The van der Waals surface area contributed by atoms with Crippen molar-refractivity contribution in [2.45, 2.75) is 56.5 Å². The molecule has 4 rings (SSSR count). The Kier molecular flexibility index (Phi) is 6.92. The van der Waals surface area contributed by atoms with Crippen molar-refractivity contribution in [2.24, 2.45) is 0 Å². The quantitative estimate of drug-likeness (QED) is 0.399. The van der Waals surface area contributed by atoms with Gasteiger partial charge in [-0.05, 0) is 26.0 Å². The van der Waals surface area contributed by atoms with Crippen LogP contribution in [0.5, 0.6) is 0 Å². The maximum Gasteiger partial charge on any atom is 0.195 e. The van der Waals surface area contributed by atoms with Gasteiger partial charge in [-0.1, -0.05) is 10.4 Å². The third kappa shape index (κ3) is 4.79. The van der Waals surface area contributed by atoms with Crippen LogP contribution < -0.4 is 0 Å². The van der Waals surface area contributed by atoms with E-state index in [0.717, 1.165) is 12.1 Å². The van der Waals surface area contributed by atoms with Crippen molar-refractivity contribution in [2.75, 3.05) is 13.7 Å². The standard InChI is InChI=1S/C21H25F3N6O5/c1-21(2,33)15-8-29(27-26-15)7-13-20(34-3)18(19(32)14(9-31)35-13)30-6-12(25-28-30)10-4-5-11(22)17(24)16(10)23/h4-6,8,13-14,18-20,31-33H,7,9H2,1-3H3/t13-,14-,18+,19+,20+/m1/s1. The second kappa shape index (κ2) is 9.62. The lowest BCUT2D eigenvalue weighted by Gasteiger charge is -2.43. The molecule has 1 aliphatic rings. The number of aromatic nitrogens is 6. The zero-order chi connectivity index (χ0) is 25.5. The van der Waals surface area contributed by atoms with Gasteiger partial charge in [-0.2, -0.15) is 0 Å². The molecule has 1 aromatic carbocycles. The van der Waals surface area contributed by atoms with Gasteiger partial charge in [-0.25, -0.2) is 22.5 Å². The molecule has 3 heterocycles. The molecular formula is C21H25F3N6O5. The highest BCUT2D eigenvalue weighted by Crippen LogP contribution is 2.34. The predicted molar refractivity (Wildman–Crippen MR) is 112 cm³/mol. The third-order valence-corrected chi connectivity index (χ3v) is 5.89. The highest BCUT2D eigenvalue weighted by atomic mass is 19.2. The Morgan fingerprint density at radius 1 is 1.09 bits per heavy atom. The zero-order valence-corrected chi connectivity index (χ0v) is 19.1. The molecule has 0 saturated carbocycles. The average molecular weight is 498 g/mol. The van der Waals surface area contributed by atoms with E-state index in [4.69, 9.17) is 9.47 Å². The van der Waals surface area contributed by atoms with E-state index < -0.39 is 60.1 Å². The number of hydrogen-bond acceptors (Lipinski definition) is 9. The number of methoxy groups -OCH3 is 1. The van der Waals surface area contributed by atoms with Gasteiger partial charge >= 0.3 is 0 Å². The smallest absolute Gasteiger partial charge is 0.195 e. The second-order valence-corrected chi connectivity index (χ2v) is 8.77. The minimum atomic E-state index is -1.64. The SMILES string of the molecule is CO[C@@H]1[C@@H](n2cc(-c3ccc(F)c(F)c3F)nn2)[C@@H](O)[C@@H](CO)O[C@@H]1Cn1cc(C(C)(C)O)nn1. The Morgan fingerprint density at radius 3 is 2.46 bits per heavy atom. The lowest BCUT2D eigenvalue weighted by atomic mass is 9.92. The van der Waals surface area contributed by atoms with Crippen LogP contribution in [0.25, 0.3) is 11.3 Å². The Balaban J connectivity index is 1.66. The molecule has 3 aromatic rings. The second-order valence-electron chi connectivity index (χ2n) is 8.77. The van der Waals surface area contributed by atoms with E-state index in [1.54, 1.807) is 13.8 Å². The van der Waals surface area contributed by atoms with Crippen LogP contribution in [0.2, 0.25) is 0 Å². The first-order valence-electron chi connectivity index (χ1n) is 10.7. The Labute approximate surface area is 197 Å². The first kappa shape index (κ1) is 25.2. The van der Waals surface area contributed by atoms with Crippen molar-refractivity contribution in [3.05, 3.63) is 47.7 Å². The van der Waals surface area contributed by atoms with E-state index in [1.807, 2.05) is 0 Å². The summed E-state index contributed by atoms with van der Waals surface area (Å²) < 4.78 is 55.4. The van der Waals surface area contributed by atoms with Crippen LogP contribution in [-0.2, 0) is 21.6 Å². The van der Waals surface area contributed by atoms with Crippen LogP contribution in [0.15, 0.2) is 24.5 Å². The van der Waals surface area contributed by atoms with E-state index in [1.165, 1.54) is 28.9 Å². The largest absolute Gasteiger partial charge is 0.394 e. The van der Waals surface area contributed by atoms with E-state index in [9.17, 15) is 28.5 Å². The van der Waals surface area contributed by atoms with Gasteiger partial charge in [-0.15, -0.1) is 10.2 Å². The summed E-state index contributed by atoms with van der Waals surface area (Å²) in [5, 5.41) is 46.5. The molecule has 1 aliphatic heterocycles. The van der Waals surface area contributed by atoms with Crippen molar-refractivity contribution in [1.29, 1.82) is 0 Å². The number of aliphatic hydroxyl groups is 3. The molecule has 1 saturated heterocycles. The van der Waals surface area contributed by atoms with E-state index in [-0.39, 0.29) is 17.8 Å². The summed E-state index contributed by atoms with van der Waals surface area (Å²) >= 11 is 0. The molecular weight excluding hydrogens is 473 g/mol. The lowest BCUT2D eigenvalue weighted by molar-refractivity contribution is -0.216. The van der Waals surface area contributed by atoms with E-state index in [2.05, 4.69) is 20.6 Å². The van der Waals surface area contributed by atoms with E-state index >= 15 is 0 Å². The van der Waals surface area contributed by atoms with Gasteiger partial charge in [0.15, 0.2) is 17.5 Å². The number of benzene rings is 1. The average Bonchev–Trinajstić information content (AvgIpc) is 3.48. The van der Waals surface area contributed by atoms with Crippen molar-refractivity contribution >= 4 is 0 Å². The Morgan fingerprint density at radius 2 is 1.83 bits per heavy atom. The van der Waals surface area contributed by atoms with Crippen LogP contribution in [0.3, 0.4) is 0 Å². The number of halogens is 3. The number of ether oxygens (including phenoxy) is 2. The molecule has 0 spiro atoms. The van der Waals surface area contributed by atoms with Crippen molar-refractivity contribution < 1.29 is 38.0 Å². The normalized spacial score (nSPS) is 25.2. The molecule has 0 amide bonds. The predicted octanol–water partition coefficient (Wildman–Crippen LogP) is 0.558. The highest BCUT2D eigenvalue weighted by molar-refractivity contribution is 5.58. The fraction of sp³-hybridized carbons (Fsp3) is 0.524. The van der Waals surface area contributed by atoms with Gasteiger partial charge < -0.3 is 24.8 Å². The van der Waals surface area contributed by atoms with Crippen LogP contribution in [-0.4, -0.2) is 83.4 Å². The molecule has 2 aromatic heterocycles. The van der Waals surface area contributed by atoms with Crippen molar-refractivity contribution in [1.82, 2.24) is 30.0 Å². The van der Waals surface area contributed by atoms with Gasteiger partial charge in [0.25, 0.3) is 0 Å². The minimum Gasteiger partial charge on any atom is -0.394 e. The fourth-order valence-corrected chi connectivity index (χ4v) is 4.03. The minimum absolute atomic E-state index is 0.0840. The molecule has 190 valence electrons. The molecule has 5 atom stereocenters. The molecule has 14 heteroatoms. The number of aliphatic hydroxyl groups excluding tert-OH is 2. The molecule has 11 nitrogen and oxygen atoms in total. The van der Waals surface area contributed by atoms with Crippen LogP contribution in [0, 0.1) is 17.5 Å². The van der Waals surface area contributed by atoms with Gasteiger partial charge in [0, 0.05) is 12.7 Å². The summed E-state index contributed by atoms with van der Waals surface area (Å²) in [7, 11) is 1.39. The maximum atomic E-state index is 14.3. The summed E-state index contributed by atoms with van der Waals surface area (Å²) in [6, 6.07) is 0.842. The number of nitrogens with zero attached hydrogens (tertiary/aromatic N) is 6. The van der Waals surface area contributed by atoms with Crippen LogP contribution in [0.4, 0.5) is 13.2 Å². The Hall–Kier alpha value is -2.91. The van der Waals surface area contributed by atoms with Gasteiger partial charge in [0.2, 0.25) is 0 Å². The molecule has 1 fully saturated rings. The molecule has 0 unspecified atom stereocenters. The number of hydrogen-bond donors (Lipinski definition) is 3. The molecule has 0 radical (unpaired) electrons. The fourth-order valence-electron chi connectivity index (χ4n) is 4.03. The molecule has 3 N–H and O–H groups in total. The lowest BCUT2D eigenvalue weighted by Crippen LogP contribution is -2.57. The summed E-state index contributed by atoms with van der Waals surface area (Å²) in [4.78, 5) is 0. The Bertz CT molecular complexity index is 1180. The monoisotopic (exact) mass is 498 g/mol. The maximum absolute atomic E-state index is 14.3. The van der Waals surface area contributed by atoms with Crippen molar-refractivity contribution in [3.8, 4) is 11.3 Å².